The molecule has 0 radical (unpaired) electrons. The van der Waals surface area contributed by atoms with Crippen molar-refractivity contribution in [3.63, 3.8) is 0 Å². The van der Waals surface area contributed by atoms with Crippen LogP contribution in [0.5, 0.6) is 0 Å². The van der Waals surface area contributed by atoms with Crippen LogP contribution in [0.2, 0.25) is 0 Å². The fourth-order valence-corrected chi connectivity index (χ4v) is 3.13. The van der Waals surface area contributed by atoms with Crippen LogP contribution in [0.25, 0.3) is 0 Å². The molecule has 0 saturated carbocycles. The third kappa shape index (κ3) is 11.5. The number of quaternary nitrogens is 1. The fourth-order valence-electron chi connectivity index (χ4n) is 3.13. The molecular formula is C27H45N2O+. The first kappa shape index (κ1) is 26.4. The highest BCUT2D eigenvalue weighted by Gasteiger charge is 2.15. The fraction of sp³-hybridized carbons (Fsp3) is 0.556. The minimum atomic E-state index is 0.818. The van der Waals surface area contributed by atoms with Crippen LogP contribution in [-0.4, -0.2) is 63.9 Å². The molecule has 2 aromatic carbocycles. The van der Waals surface area contributed by atoms with Crippen LogP contribution in [0.15, 0.2) is 48.5 Å². The molecule has 0 N–H and O–H groups in total. The lowest BCUT2D eigenvalue weighted by Gasteiger charge is -2.30. The minimum Gasteiger partial charge on any atom is -0.374 e. The standard InChI is InChI=1S/C17H31N2O.C10H14/c1-6-16-7-9-17(10-8-16)15-19(4,5)12-14-20-13-11-18(2)3;1-3-9-5-7-10(4-2)8-6-9/h7-10H,6,11-15H2,1-5H3;5-8H,3-4H2,1-2H3/q+1;. The predicted molar refractivity (Wildman–Crippen MR) is 131 cm³/mol. The zero-order valence-corrected chi connectivity index (χ0v) is 20.6. The van der Waals surface area contributed by atoms with Crippen LogP contribution in [0, 0.1) is 0 Å². The minimum absolute atomic E-state index is 0.818. The average Bonchev–Trinajstić information content (AvgIpc) is 2.74. The molecule has 3 heteroatoms. The van der Waals surface area contributed by atoms with E-state index < -0.39 is 0 Å². The van der Waals surface area contributed by atoms with Crippen molar-refractivity contribution in [3.05, 3.63) is 70.8 Å². The van der Waals surface area contributed by atoms with Gasteiger partial charge in [0.15, 0.2) is 0 Å². The Bertz CT molecular complexity index is 652. The van der Waals surface area contributed by atoms with Gasteiger partial charge in [0.2, 0.25) is 0 Å². The average molecular weight is 414 g/mol. The Hall–Kier alpha value is -1.68. The highest BCUT2D eigenvalue weighted by atomic mass is 16.5. The molecule has 30 heavy (non-hydrogen) atoms. The Morgan fingerprint density at radius 1 is 0.667 bits per heavy atom. The third-order valence-corrected chi connectivity index (χ3v) is 5.41. The number of hydrogen-bond donors (Lipinski definition) is 0. The lowest BCUT2D eigenvalue weighted by atomic mass is 10.1. The summed E-state index contributed by atoms with van der Waals surface area (Å²) in [6, 6.07) is 17.8. The number of rotatable bonds is 11. The summed E-state index contributed by atoms with van der Waals surface area (Å²) < 4.78 is 6.66. The van der Waals surface area contributed by atoms with E-state index in [0.29, 0.717) is 0 Å². The summed E-state index contributed by atoms with van der Waals surface area (Å²) in [5, 5.41) is 0. The summed E-state index contributed by atoms with van der Waals surface area (Å²) in [6.45, 7) is 11.3. The quantitative estimate of drug-likeness (QED) is 0.370. The zero-order chi connectivity index (χ0) is 22.4. The van der Waals surface area contributed by atoms with Crippen LogP contribution in [0.1, 0.15) is 43.0 Å². The summed E-state index contributed by atoms with van der Waals surface area (Å²) in [4.78, 5) is 2.15. The van der Waals surface area contributed by atoms with E-state index in [1.54, 1.807) is 0 Å². The van der Waals surface area contributed by atoms with E-state index in [-0.39, 0.29) is 0 Å². The Balaban J connectivity index is 0.000000375. The molecule has 0 unspecified atom stereocenters. The van der Waals surface area contributed by atoms with E-state index in [1.807, 2.05) is 0 Å². The van der Waals surface area contributed by atoms with Gasteiger partial charge < -0.3 is 14.1 Å². The number of ether oxygens (including phenoxy) is 1. The summed E-state index contributed by atoms with van der Waals surface area (Å²) in [7, 11) is 8.68. The van der Waals surface area contributed by atoms with Crippen LogP contribution >= 0.6 is 0 Å². The summed E-state index contributed by atoms with van der Waals surface area (Å²) >= 11 is 0. The van der Waals surface area contributed by atoms with Gasteiger partial charge in [-0.15, -0.1) is 0 Å². The van der Waals surface area contributed by atoms with Crippen molar-refractivity contribution in [2.24, 2.45) is 0 Å². The Labute approximate surface area is 186 Å². The van der Waals surface area contributed by atoms with Crippen LogP contribution in [0.3, 0.4) is 0 Å². The molecule has 3 nitrogen and oxygen atoms in total. The first-order valence-electron chi connectivity index (χ1n) is 11.5. The predicted octanol–water partition coefficient (Wildman–Crippen LogP) is 5.22. The van der Waals surface area contributed by atoms with Gasteiger partial charge in [-0.2, -0.15) is 0 Å². The molecule has 0 aromatic heterocycles. The summed E-state index contributed by atoms with van der Waals surface area (Å²) in [5.74, 6) is 0. The van der Waals surface area contributed by atoms with Gasteiger partial charge in [0.1, 0.15) is 13.1 Å². The molecule has 0 aliphatic heterocycles. The van der Waals surface area contributed by atoms with Crippen molar-refractivity contribution in [1.82, 2.24) is 4.90 Å². The van der Waals surface area contributed by atoms with Gasteiger partial charge in [-0.25, -0.2) is 0 Å². The van der Waals surface area contributed by atoms with E-state index in [2.05, 4.69) is 102 Å². The van der Waals surface area contributed by atoms with Gasteiger partial charge in [0.25, 0.3) is 0 Å². The molecule has 0 bridgehead atoms. The number of likely N-dealkylation sites (N-methyl/N-ethyl adjacent to an activating group) is 2. The monoisotopic (exact) mass is 413 g/mol. The summed E-state index contributed by atoms with van der Waals surface area (Å²) in [6.07, 6.45) is 3.40. The lowest BCUT2D eigenvalue weighted by Crippen LogP contribution is -2.41. The van der Waals surface area contributed by atoms with E-state index in [0.717, 1.165) is 56.6 Å². The molecule has 0 aliphatic rings. The molecule has 0 spiro atoms. The van der Waals surface area contributed by atoms with Crippen LogP contribution < -0.4 is 0 Å². The van der Waals surface area contributed by atoms with Crippen LogP contribution in [0.4, 0.5) is 0 Å². The van der Waals surface area contributed by atoms with E-state index in [4.69, 9.17) is 4.74 Å². The van der Waals surface area contributed by atoms with Crippen molar-refractivity contribution < 1.29 is 9.22 Å². The number of hydrogen-bond acceptors (Lipinski definition) is 2. The number of nitrogens with zero attached hydrogens (tertiary/aromatic N) is 2. The van der Waals surface area contributed by atoms with Gasteiger partial charge in [-0.1, -0.05) is 69.3 Å². The molecule has 0 saturated heterocycles. The Morgan fingerprint density at radius 2 is 1.07 bits per heavy atom. The van der Waals surface area contributed by atoms with Gasteiger partial charge in [0.05, 0.1) is 27.3 Å². The normalized spacial score (nSPS) is 11.3. The maximum absolute atomic E-state index is 5.70. The van der Waals surface area contributed by atoms with Gasteiger partial charge in [-0.3, -0.25) is 0 Å². The molecule has 0 fully saturated rings. The first-order valence-corrected chi connectivity index (χ1v) is 11.5. The smallest absolute Gasteiger partial charge is 0.104 e. The zero-order valence-electron chi connectivity index (χ0n) is 20.6. The van der Waals surface area contributed by atoms with Gasteiger partial charge in [0, 0.05) is 12.1 Å². The lowest BCUT2D eigenvalue weighted by molar-refractivity contribution is -0.904. The Morgan fingerprint density at radius 3 is 1.43 bits per heavy atom. The van der Waals surface area contributed by atoms with Gasteiger partial charge >= 0.3 is 0 Å². The summed E-state index contributed by atoms with van der Waals surface area (Å²) in [5.41, 5.74) is 5.67. The topological polar surface area (TPSA) is 12.5 Å². The SMILES string of the molecule is CCc1ccc(CC)cc1.CCc1ccc(C[N+](C)(C)CCOCCN(C)C)cc1. The molecule has 2 aromatic rings. The van der Waals surface area contributed by atoms with Crippen molar-refractivity contribution in [3.8, 4) is 0 Å². The van der Waals surface area contributed by atoms with Crippen LogP contribution in [-0.2, 0) is 30.5 Å². The van der Waals surface area contributed by atoms with E-state index in [1.165, 1.54) is 22.3 Å². The van der Waals surface area contributed by atoms with Crippen molar-refractivity contribution >= 4 is 0 Å². The van der Waals surface area contributed by atoms with Gasteiger partial charge in [-0.05, 0) is 50.0 Å². The number of aryl methyl sites for hydroxylation is 3. The Kier molecular flexibility index (Phi) is 12.6. The molecule has 0 aliphatic carbocycles. The highest BCUT2D eigenvalue weighted by molar-refractivity contribution is 5.22. The second kappa shape index (κ2) is 14.3. The molecular weight excluding hydrogens is 368 g/mol. The third-order valence-electron chi connectivity index (χ3n) is 5.41. The van der Waals surface area contributed by atoms with Crippen molar-refractivity contribution in [1.29, 1.82) is 0 Å². The van der Waals surface area contributed by atoms with Crippen molar-refractivity contribution in [2.75, 3.05) is 54.5 Å². The largest absolute Gasteiger partial charge is 0.374 e. The molecule has 168 valence electrons. The first-order chi connectivity index (χ1) is 14.3. The highest BCUT2D eigenvalue weighted by Crippen LogP contribution is 2.11. The maximum Gasteiger partial charge on any atom is 0.104 e. The van der Waals surface area contributed by atoms with E-state index in [9.17, 15) is 0 Å². The molecule has 0 heterocycles. The molecule has 0 atom stereocenters. The second-order valence-corrected chi connectivity index (χ2v) is 8.93. The maximum atomic E-state index is 5.70. The molecule has 0 amide bonds. The van der Waals surface area contributed by atoms with Crippen molar-refractivity contribution in [2.45, 2.75) is 46.6 Å². The molecule has 2 rings (SSSR count). The second-order valence-electron chi connectivity index (χ2n) is 8.93. The van der Waals surface area contributed by atoms with E-state index >= 15 is 0 Å². The number of benzene rings is 2.